The number of imide groups is 1. The third kappa shape index (κ3) is 3.70. The van der Waals surface area contributed by atoms with E-state index in [-0.39, 0.29) is 5.91 Å². The molecular weight excluding hydrogens is 264 g/mol. The second-order valence-electron chi connectivity index (χ2n) is 3.89. The number of nitrogens with one attached hydrogen (secondary N) is 1. The summed E-state index contributed by atoms with van der Waals surface area (Å²) in [5.41, 5.74) is 1.77. The molecule has 1 aromatic carbocycles. The molecule has 0 bridgehead atoms. The van der Waals surface area contributed by atoms with Crippen LogP contribution in [0.1, 0.15) is 32.8 Å². The van der Waals surface area contributed by atoms with Gasteiger partial charge in [-0.15, -0.1) is 0 Å². The molecule has 1 N–H and O–H groups in total. The Morgan fingerprint density at radius 2 is 2.00 bits per heavy atom. The molecule has 5 heteroatoms. The number of anilines is 1. The number of hydrogen-bond donors (Lipinski definition) is 1. The van der Waals surface area contributed by atoms with Gasteiger partial charge in [0.15, 0.2) is 0 Å². The molecule has 1 aliphatic heterocycles. The Kier molecular flexibility index (Phi) is 5.83. The summed E-state index contributed by atoms with van der Waals surface area (Å²) < 4.78 is 0. The third-order valence-corrected chi connectivity index (χ3v) is 3.08. The van der Waals surface area contributed by atoms with Gasteiger partial charge in [-0.3, -0.25) is 15.0 Å². The van der Waals surface area contributed by atoms with Crippen molar-refractivity contribution in [2.75, 3.05) is 11.4 Å². The number of carbonyl (C=O) groups is 2. The number of carbonyl (C=O) groups excluding carboxylic acids is 2. The van der Waals surface area contributed by atoms with Gasteiger partial charge in [-0.25, -0.2) is 4.79 Å². The van der Waals surface area contributed by atoms with Gasteiger partial charge in [-0.2, -0.15) is 0 Å². The maximum atomic E-state index is 11.7. The topological polar surface area (TPSA) is 49.4 Å². The fourth-order valence-electron chi connectivity index (χ4n) is 1.78. The summed E-state index contributed by atoms with van der Waals surface area (Å²) in [7, 11) is 0. The van der Waals surface area contributed by atoms with Crippen molar-refractivity contribution in [1.29, 1.82) is 0 Å². The van der Waals surface area contributed by atoms with Crippen LogP contribution in [-0.2, 0) is 11.2 Å². The summed E-state index contributed by atoms with van der Waals surface area (Å²) in [5.74, 6) is -0.242. The van der Waals surface area contributed by atoms with Crippen LogP contribution in [-0.4, -0.2) is 18.5 Å². The SMILES string of the molecule is CC.CCc1ccc(Cl)c(N2CCC(=O)NC2=O)c1. The van der Waals surface area contributed by atoms with Crippen LogP contribution in [0.3, 0.4) is 0 Å². The molecule has 4 nitrogen and oxygen atoms in total. The Morgan fingerprint density at radius 1 is 1.32 bits per heavy atom. The molecule has 1 saturated heterocycles. The minimum absolute atomic E-state index is 0.242. The molecule has 0 radical (unpaired) electrons. The highest BCUT2D eigenvalue weighted by Crippen LogP contribution is 2.28. The normalized spacial score (nSPS) is 14.6. The molecule has 1 heterocycles. The maximum absolute atomic E-state index is 11.7. The number of benzene rings is 1. The van der Waals surface area contributed by atoms with Gasteiger partial charge >= 0.3 is 6.03 Å². The van der Waals surface area contributed by atoms with Gasteiger partial charge in [-0.1, -0.05) is 38.4 Å². The van der Waals surface area contributed by atoms with Gasteiger partial charge in [0.05, 0.1) is 10.7 Å². The third-order valence-electron chi connectivity index (χ3n) is 2.76. The summed E-state index contributed by atoms with van der Waals surface area (Å²) in [4.78, 5) is 24.3. The van der Waals surface area contributed by atoms with Crippen molar-refractivity contribution in [3.8, 4) is 0 Å². The van der Waals surface area contributed by atoms with E-state index in [1.54, 1.807) is 6.07 Å². The molecule has 3 amide bonds. The van der Waals surface area contributed by atoms with Crippen LogP contribution < -0.4 is 10.2 Å². The zero-order valence-corrected chi connectivity index (χ0v) is 12.3. The van der Waals surface area contributed by atoms with Crippen molar-refractivity contribution in [3.63, 3.8) is 0 Å². The van der Waals surface area contributed by atoms with Crippen LogP contribution in [0.15, 0.2) is 18.2 Å². The molecule has 0 aromatic heterocycles. The van der Waals surface area contributed by atoms with Crippen molar-refractivity contribution in [3.05, 3.63) is 28.8 Å². The summed E-state index contributed by atoms with van der Waals surface area (Å²) in [5, 5.41) is 2.80. The first-order chi connectivity index (χ1) is 9.11. The molecular formula is C14H19ClN2O2. The van der Waals surface area contributed by atoms with E-state index in [1.165, 1.54) is 4.90 Å². The first-order valence-corrected chi connectivity index (χ1v) is 6.89. The van der Waals surface area contributed by atoms with E-state index in [4.69, 9.17) is 11.6 Å². The van der Waals surface area contributed by atoms with Crippen molar-refractivity contribution in [2.24, 2.45) is 0 Å². The summed E-state index contributed by atoms with van der Waals surface area (Å²) in [6, 6.07) is 5.19. The number of hydrogen-bond acceptors (Lipinski definition) is 2. The second kappa shape index (κ2) is 7.14. The fraction of sp³-hybridized carbons (Fsp3) is 0.429. The van der Waals surface area contributed by atoms with Gasteiger partial charge in [0.25, 0.3) is 0 Å². The smallest absolute Gasteiger partial charge is 0.292 e. The number of urea groups is 1. The quantitative estimate of drug-likeness (QED) is 0.904. The minimum atomic E-state index is -0.406. The van der Waals surface area contributed by atoms with E-state index in [9.17, 15) is 9.59 Å². The van der Waals surface area contributed by atoms with Gasteiger partial charge in [0.1, 0.15) is 0 Å². The Balaban J connectivity index is 0.000000861. The first-order valence-electron chi connectivity index (χ1n) is 6.51. The van der Waals surface area contributed by atoms with Crippen LogP contribution in [0.2, 0.25) is 5.02 Å². The Morgan fingerprint density at radius 3 is 2.58 bits per heavy atom. The highest BCUT2D eigenvalue weighted by molar-refractivity contribution is 6.34. The van der Waals surface area contributed by atoms with Crippen molar-refractivity contribution < 1.29 is 9.59 Å². The van der Waals surface area contributed by atoms with E-state index < -0.39 is 6.03 Å². The molecule has 19 heavy (non-hydrogen) atoms. The highest BCUT2D eigenvalue weighted by atomic mass is 35.5. The molecule has 104 valence electrons. The molecule has 2 rings (SSSR count). The highest BCUT2D eigenvalue weighted by Gasteiger charge is 2.25. The average molecular weight is 283 g/mol. The number of halogens is 1. The summed E-state index contributed by atoms with van der Waals surface area (Å²) in [6.07, 6.45) is 1.18. The Labute approximate surface area is 118 Å². The molecule has 0 saturated carbocycles. The first kappa shape index (κ1) is 15.5. The molecule has 1 fully saturated rings. The average Bonchev–Trinajstić information content (AvgIpc) is 2.42. The molecule has 1 aromatic rings. The molecule has 1 aliphatic rings. The molecule has 0 unspecified atom stereocenters. The standard InChI is InChI=1S/C12H13ClN2O2.C2H6/c1-2-8-3-4-9(13)10(7-8)15-6-5-11(16)14-12(15)17;1-2/h3-4,7H,2,5-6H2,1H3,(H,14,16,17);1-2H3. The fourth-order valence-corrected chi connectivity index (χ4v) is 2.00. The number of aryl methyl sites for hydroxylation is 1. The van der Waals surface area contributed by atoms with Crippen molar-refractivity contribution >= 4 is 29.2 Å². The molecule has 0 aliphatic carbocycles. The maximum Gasteiger partial charge on any atom is 0.328 e. The van der Waals surface area contributed by atoms with Gasteiger partial charge < -0.3 is 0 Å². The Bertz CT molecular complexity index is 475. The lowest BCUT2D eigenvalue weighted by Gasteiger charge is -2.27. The molecule has 0 spiro atoms. The van der Waals surface area contributed by atoms with Crippen LogP contribution in [0.25, 0.3) is 0 Å². The van der Waals surface area contributed by atoms with Gasteiger partial charge in [-0.05, 0) is 24.1 Å². The monoisotopic (exact) mass is 282 g/mol. The largest absolute Gasteiger partial charge is 0.328 e. The van der Waals surface area contributed by atoms with E-state index >= 15 is 0 Å². The predicted molar refractivity (Wildman–Crippen MR) is 77.7 cm³/mol. The number of amides is 3. The lowest BCUT2D eigenvalue weighted by molar-refractivity contribution is -0.120. The molecule has 0 atom stereocenters. The number of nitrogens with zero attached hydrogens (tertiary/aromatic N) is 1. The van der Waals surface area contributed by atoms with Crippen LogP contribution in [0, 0.1) is 0 Å². The number of rotatable bonds is 2. The van der Waals surface area contributed by atoms with E-state index in [1.807, 2.05) is 32.9 Å². The Hall–Kier alpha value is -1.55. The lowest BCUT2D eigenvalue weighted by atomic mass is 10.1. The van der Waals surface area contributed by atoms with Gasteiger partial charge in [0, 0.05) is 13.0 Å². The minimum Gasteiger partial charge on any atom is -0.292 e. The lowest BCUT2D eigenvalue weighted by Crippen LogP contribution is -2.49. The van der Waals surface area contributed by atoms with Crippen molar-refractivity contribution in [2.45, 2.75) is 33.6 Å². The predicted octanol–water partition coefficient (Wildman–Crippen LogP) is 3.37. The van der Waals surface area contributed by atoms with Crippen LogP contribution in [0.5, 0.6) is 0 Å². The van der Waals surface area contributed by atoms with Crippen LogP contribution in [0.4, 0.5) is 10.5 Å². The summed E-state index contributed by atoms with van der Waals surface area (Å²) in [6.45, 7) is 6.41. The van der Waals surface area contributed by atoms with E-state index in [2.05, 4.69) is 5.32 Å². The van der Waals surface area contributed by atoms with Crippen molar-refractivity contribution in [1.82, 2.24) is 5.32 Å². The zero-order chi connectivity index (χ0) is 14.4. The second-order valence-corrected chi connectivity index (χ2v) is 4.30. The summed E-state index contributed by atoms with van der Waals surface area (Å²) >= 11 is 6.08. The zero-order valence-electron chi connectivity index (χ0n) is 11.5. The van der Waals surface area contributed by atoms with Gasteiger partial charge in [0.2, 0.25) is 5.91 Å². The van der Waals surface area contributed by atoms with E-state index in [0.29, 0.717) is 23.7 Å². The van der Waals surface area contributed by atoms with E-state index in [0.717, 1.165) is 12.0 Å². The van der Waals surface area contributed by atoms with Crippen LogP contribution >= 0.6 is 11.6 Å².